The average molecular weight is 343 g/mol. The molecule has 0 bridgehead atoms. The number of carboxylic acids is 1. The first-order valence-corrected chi connectivity index (χ1v) is 7.57. The van der Waals surface area contributed by atoms with Crippen molar-refractivity contribution >= 4 is 11.9 Å². The van der Waals surface area contributed by atoms with Crippen LogP contribution >= 0.6 is 0 Å². The molecule has 5 nitrogen and oxygen atoms in total. The van der Waals surface area contributed by atoms with Gasteiger partial charge in [-0.3, -0.25) is 4.79 Å². The highest BCUT2D eigenvalue weighted by molar-refractivity contribution is 5.84. The van der Waals surface area contributed by atoms with Gasteiger partial charge in [0.05, 0.1) is 18.7 Å². The number of hydrogen-bond acceptors (Lipinski definition) is 3. The monoisotopic (exact) mass is 343 g/mol. The number of rotatable bonds is 3. The van der Waals surface area contributed by atoms with Crippen LogP contribution in [0, 0.1) is 5.92 Å². The van der Waals surface area contributed by atoms with Crippen LogP contribution in [0.15, 0.2) is 24.3 Å². The first kappa shape index (κ1) is 16.8. The lowest BCUT2D eigenvalue weighted by molar-refractivity contribution is -0.159. The van der Waals surface area contributed by atoms with Crippen LogP contribution in [0.5, 0.6) is 0 Å². The summed E-state index contributed by atoms with van der Waals surface area (Å²) in [5.41, 5.74) is -0.0170. The minimum atomic E-state index is -4.38. The molecule has 3 unspecified atom stereocenters. The van der Waals surface area contributed by atoms with Gasteiger partial charge in [-0.2, -0.15) is 13.2 Å². The maximum Gasteiger partial charge on any atom is 0.416 e. The lowest BCUT2D eigenvalue weighted by atomic mass is 10.1. The molecule has 0 radical (unpaired) electrons. The molecule has 3 rings (SSSR count). The van der Waals surface area contributed by atoms with E-state index >= 15 is 0 Å². The van der Waals surface area contributed by atoms with Gasteiger partial charge in [-0.25, -0.2) is 4.79 Å². The van der Waals surface area contributed by atoms with Gasteiger partial charge in [0, 0.05) is 12.5 Å². The number of morpholine rings is 1. The Balaban J connectivity index is 1.62. The number of carboxylic acid groups (broad SMARTS) is 1. The number of hydrogen-bond donors (Lipinski definition) is 1. The van der Waals surface area contributed by atoms with Crippen LogP contribution in [0.4, 0.5) is 13.2 Å². The van der Waals surface area contributed by atoms with Gasteiger partial charge in [0.1, 0.15) is 0 Å². The van der Waals surface area contributed by atoms with Crippen LogP contribution < -0.4 is 0 Å². The fraction of sp³-hybridized carbons (Fsp3) is 0.500. The van der Waals surface area contributed by atoms with E-state index in [9.17, 15) is 22.8 Å². The van der Waals surface area contributed by atoms with Gasteiger partial charge in [0.15, 0.2) is 6.10 Å². The minimum absolute atomic E-state index is 0.00436. The SMILES string of the molecule is O=C(O)C1CN(C(=O)C2CC2c2ccc(C(F)(F)F)cc2)CCO1. The molecule has 1 aliphatic carbocycles. The number of aliphatic carboxylic acids is 1. The zero-order valence-corrected chi connectivity index (χ0v) is 12.6. The van der Waals surface area contributed by atoms with Crippen molar-refractivity contribution in [3.05, 3.63) is 35.4 Å². The minimum Gasteiger partial charge on any atom is -0.479 e. The van der Waals surface area contributed by atoms with Crippen LogP contribution in [0.2, 0.25) is 0 Å². The Kier molecular flexibility index (Phi) is 4.25. The normalized spacial score (nSPS) is 27.0. The molecule has 1 saturated heterocycles. The maximum absolute atomic E-state index is 12.6. The molecule has 8 heteroatoms. The molecule has 1 aliphatic heterocycles. The summed E-state index contributed by atoms with van der Waals surface area (Å²) in [6.45, 7) is 0.504. The van der Waals surface area contributed by atoms with Gasteiger partial charge < -0.3 is 14.7 Å². The van der Waals surface area contributed by atoms with E-state index in [0.717, 1.165) is 12.1 Å². The molecule has 1 saturated carbocycles. The van der Waals surface area contributed by atoms with E-state index < -0.39 is 23.8 Å². The first-order valence-electron chi connectivity index (χ1n) is 7.57. The summed E-state index contributed by atoms with van der Waals surface area (Å²) in [6.07, 6.45) is -4.83. The molecule has 0 aromatic heterocycles. The largest absolute Gasteiger partial charge is 0.479 e. The molecule has 130 valence electrons. The molecule has 1 aromatic carbocycles. The van der Waals surface area contributed by atoms with E-state index in [2.05, 4.69) is 0 Å². The zero-order valence-electron chi connectivity index (χ0n) is 12.6. The molecular weight excluding hydrogens is 327 g/mol. The Morgan fingerprint density at radius 3 is 2.46 bits per heavy atom. The first-order chi connectivity index (χ1) is 11.3. The van der Waals surface area contributed by atoms with Gasteiger partial charge >= 0.3 is 12.1 Å². The van der Waals surface area contributed by atoms with Gasteiger partial charge in [0.25, 0.3) is 0 Å². The van der Waals surface area contributed by atoms with Crippen molar-refractivity contribution in [1.29, 1.82) is 0 Å². The number of carbonyl (C=O) groups excluding carboxylic acids is 1. The van der Waals surface area contributed by atoms with E-state index in [0.29, 0.717) is 18.5 Å². The maximum atomic E-state index is 12.6. The van der Waals surface area contributed by atoms with Crippen molar-refractivity contribution < 1.29 is 32.6 Å². The Hall–Kier alpha value is -2.09. The van der Waals surface area contributed by atoms with E-state index in [1.807, 2.05) is 0 Å². The topological polar surface area (TPSA) is 66.8 Å². The fourth-order valence-corrected chi connectivity index (χ4v) is 2.99. The summed E-state index contributed by atoms with van der Waals surface area (Å²) in [6, 6.07) is 4.84. The number of alkyl halides is 3. The Bertz CT molecular complexity index is 644. The molecule has 1 amide bonds. The predicted molar refractivity (Wildman–Crippen MR) is 76.2 cm³/mol. The number of benzene rings is 1. The third kappa shape index (κ3) is 3.38. The molecule has 2 fully saturated rings. The lowest BCUT2D eigenvalue weighted by Gasteiger charge is -2.31. The Morgan fingerprint density at radius 1 is 1.21 bits per heavy atom. The van der Waals surface area contributed by atoms with Gasteiger partial charge in [0.2, 0.25) is 5.91 Å². The second-order valence-electron chi connectivity index (χ2n) is 6.05. The molecule has 0 spiro atoms. The standard InChI is InChI=1S/C16H16F3NO4/c17-16(18,19)10-3-1-9(2-4-10)11-7-12(11)14(21)20-5-6-24-13(8-20)15(22)23/h1-4,11-13H,5-8H2,(H,22,23). The summed E-state index contributed by atoms with van der Waals surface area (Å²) >= 11 is 0. The summed E-state index contributed by atoms with van der Waals surface area (Å²) < 4.78 is 42.8. The van der Waals surface area contributed by atoms with E-state index in [-0.39, 0.29) is 30.9 Å². The highest BCUT2D eigenvalue weighted by Gasteiger charge is 2.47. The van der Waals surface area contributed by atoms with Crippen molar-refractivity contribution in [2.45, 2.75) is 24.6 Å². The molecular formula is C16H16F3NO4. The molecule has 2 aliphatic rings. The van der Waals surface area contributed by atoms with Crippen LogP contribution in [0.25, 0.3) is 0 Å². The van der Waals surface area contributed by atoms with Crippen LogP contribution in [-0.4, -0.2) is 47.7 Å². The number of nitrogens with zero attached hydrogens (tertiary/aromatic N) is 1. The van der Waals surface area contributed by atoms with Crippen LogP contribution in [0.3, 0.4) is 0 Å². The third-order valence-corrected chi connectivity index (χ3v) is 4.43. The summed E-state index contributed by atoms with van der Waals surface area (Å²) in [4.78, 5) is 24.9. The van der Waals surface area contributed by atoms with Crippen molar-refractivity contribution in [2.75, 3.05) is 19.7 Å². The summed E-state index contributed by atoms with van der Waals surface area (Å²) in [5, 5.41) is 8.96. The highest BCUT2D eigenvalue weighted by atomic mass is 19.4. The smallest absolute Gasteiger partial charge is 0.416 e. The van der Waals surface area contributed by atoms with Gasteiger partial charge in [-0.05, 0) is 30.0 Å². The second kappa shape index (κ2) is 6.08. The fourth-order valence-electron chi connectivity index (χ4n) is 2.99. The van der Waals surface area contributed by atoms with Crippen molar-refractivity contribution in [3.63, 3.8) is 0 Å². The van der Waals surface area contributed by atoms with Gasteiger partial charge in [-0.15, -0.1) is 0 Å². The quantitative estimate of drug-likeness (QED) is 0.913. The van der Waals surface area contributed by atoms with Crippen molar-refractivity contribution in [1.82, 2.24) is 4.90 Å². The predicted octanol–water partition coefficient (Wildman–Crippen LogP) is 2.12. The third-order valence-electron chi connectivity index (χ3n) is 4.43. The molecule has 3 atom stereocenters. The number of amides is 1. The molecule has 1 N–H and O–H groups in total. The second-order valence-corrected chi connectivity index (χ2v) is 6.05. The van der Waals surface area contributed by atoms with E-state index in [4.69, 9.17) is 9.84 Å². The number of halogens is 3. The van der Waals surface area contributed by atoms with Crippen LogP contribution in [0.1, 0.15) is 23.5 Å². The average Bonchev–Trinajstić information content (AvgIpc) is 3.34. The summed E-state index contributed by atoms with van der Waals surface area (Å²) in [5.74, 6) is -1.67. The summed E-state index contributed by atoms with van der Waals surface area (Å²) in [7, 11) is 0. The Labute approximate surface area is 136 Å². The van der Waals surface area contributed by atoms with E-state index in [1.165, 1.54) is 17.0 Å². The molecule has 24 heavy (non-hydrogen) atoms. The number of carbonyl (C=O) groups is 2. The van der Waals surface area contributed by atoms with Crippen LogP contribution in [-0.2, 0) is 20.5 Å². The molecule has 1 heterocycles. The van der Waals surface area contributed by atoms with Gasteiger partial charge in [-0.1, -0.05) is 12.1 Å². The highest BCUT2D eigenvalue weighted by Crippen LogP contribution is 2.49. The lowest BCUT2D eigenvalue weighted by Crippen LogP contribution is -2.49. The van der Waals surface area contributed by atoms with Crippen molar-refractivity contribution in [2.24, 2.45) is 5.92 Å². The van der Waals surface area contributed by atoms with Crippen molar-refractivity contribution in [3.8, 4) is 0 Å². The Morgan fingerprint density at radius 2 is 1.88 bits per heavy atom. The van der Waals surface area contributed by atoms with E-state index in [1.54, 1.807) is 0 Å². The number of ether oxygens (including phenoxy) is 1. The zero-order chi connectivity index (χ0) is 17.5. The molecule has 1 aromatic rings.